The van der Waals surface area contributed by atoms with Crippen molar-refractivity contribution in [3.63, 3.8) is 0 Å². The Hall–Kier alpha value is -4.49. The minimum absolute atomic E-state index is 0.0585. The van der Waals surface area contributed by atoms with E-state index in [4.69, 9.17) is 0 Å². The molecule has 0 radical (unpaired) electrons. The molecule has 0 aliphatic carbocycles. The zero-order chi connectivity index (χ0) is 19.4. The summed E-state index contributed by atoms with van der Waals surface area (Å²) in [6.45, 7) is 0. The number of aromatic nitrogens is 3. The number of hydrogen-bond acceptors (Lipinski definition) is 5. The Morgan fingerprint density at radius 3 is 2.14 bits per heavy atom. The first-order valence-electron chi connectivity index (χ1n) is 8.39. The quantitative estimate of drug-likeness (QED) is 0.455. The molecular weight excluding hydrogens is 354 g/mol. The number of nitriles is 2. The Kier molecular flexibility index (Phi) is 3.09. The van der Waals surface area contributed by atoms with Gasteiger partial charge in [-0.25, -0.2) is 4.98 Å². The molecule has 0 saturated carbocycles. The predicted molar refractivity (Wildman–Crippen MR) is 99.5 cm³/mol. The van der Waals surface area contributed by atoms with Crippen LogP contribution >= 0.6 is 0 Å². The standard InChI is InChI=1S/C21H9N5O2/c22-10-15-17(12-6-2-1-3-7-12)16(11-23)21(28)26-19(15)24-18-13-8-4-5-9-14(13)20(27)25(18)26/h1-9H. The number of hydrogen-bond donors (Lipinski definition) is 0. The molecule has 0 spiro atoms. The van der Waals surface area contributed by atoms with Gasteiger partial charge in [-0.1, -0.05) is 48.5 Å². The maximum atomic E-state index is 13.2. The second-order valence-corrected chi connectivity index (χ2v) is 6.25. The predicted octanol–water partition coefficient (Wildman–Crippen LogP) is 2.58. The fourth-order valence-electron chi connectivity index (χ4n) is 3.63. The molecule has 0 fully saturated rings. The average molecular weight is 363 g/mol. The third-order valence-corrected chi connectivity index (χ3v) is 4.82. The average Bonchev–Trinajstić information content (AvgIpc) is 3.25. The van der Waals surface area contributed by atoms with Crippen molar-refractivity contribution in [2.45, 2.75) is 0 Å². The monoisotopic (exact) mass is 363 g/mol. The summed E-state index contributed by atoms with van der Waals surface area (Å²) in [5.41, 5.74) is 1.05. The van der Waals surface area contributed by atoms with E-state index in [0.717, 1.165) is 9.20 Å². The largest absolute Gasteiger partial charge is 0.290 e. The molecule has 130 valence electrons. The summed E-state index contributed by atoms with van der Waals surface area (Å²) < 4.78 is 2.17. The molecule has 0 saturated heterocycles. The van der Waals surface area contributed by atoms with Crippen LogP contribution in [0.3, 0.4) is 0 Å². The van der Waals surface area contributed by atoms with Gasteiger partial charge in [-0.2, -0.15) is 19.7 Å². The molecule has 4 aromatic rings. The van der Waals surface area contributed by atoms with Crippen molar-refractivity contribution in [2.75, 3.05) is 0 Å². The molecule has 28 heavy (non-hydrogen) atoms. The Balaban J connectivity index is 2.00. The molecule has 7 nitrogen and oxygen atoms in total. The number of benzene rings is 2. The molecule has 5 rings (SSSR count). The highest BCUT2D eigenvalue weighted by molar-refractivity contribution is 6.08. The van der Waals surface area contributed by atoms with Crippen LogP contribution in [0.15, 0.2) is 59.4 Å². The molecule has 2 aromatic heterocycles. The number of carbonyl (C=O) groups is 1. The molecule has 0 atom stereocenters. The van der Waals surface area contributed by atoms with Gasteiger partial charge in [-0.3, -0.25) is 9.59 Å². The van der Waals surface area contributed by atoms with Crippen molar-refractivity contribution in [1.29, 1.82) is 10.5 Å². The van der Waals surface area contributed by atoms with E-state index in [9.17, 15) is 20.1 Å². The van der Waals surface area contributed by atoms with E-state index in [1.807, 2.05) is 6.07 Å². The van der Waals surface area contributed by atoms with E-state index in [1.165, 1.54) is 0 Å². The second-order valence-electron chi connectivity index (χ2n) is 6.25. The fourth-order valence-corrected chi connectivity index (χ4v) is 3.63. The summed E-state index contributed by atoms with van der Waals surface area (Å²) in [6.07, 6.45) is 0. The van der Waals surface area contributed by atoms with Crippen LogP contribution in [0.5, 0.6) is 0 Å². The van der Waals surface area contributed by atoms with Crippen molar-refractivity contribution in [1.82, 2.24) is 14.2 Å². The van der Waals surface area contributed by atoms with Gasteiger partial charge in [0.05, 0.1) is 5.56 Å². The van der Waals surface area contributed by atoms with Crippen molar-refractivity contribution in [2.24, 2.45) is 0 Å². The van der Waals surface area contributed by atoms with E-state index >= 15 is 0 Å². The maximum Gasteiger partial charge on any atom is 0.290 e. The molecule has 0 amide bonds. The Morgan fingerprint density at radius 1 is 0.821 bits per heavy atom. The van der Waals surface area contributed by atoms with E-state index in [2.05, 4.69) is 11.1 Å². The van der Waals surface area contributed by atoms with Gasteiger partial charge in [-0.15, -0.1) is 0 Å². The van der Waals surface area contributed by atoms with Crippen LogP contribution in [-0.4, -0.2) is 20.1 Å². The Labute approximate surface area is 157 Å². The lowest BCUT2D eigenvalue weighted by atomic mass is 9.97. The van der Waals surface area contributed by atoms with Crippen LogP contribution in [0.1, 0.15) is 21.5 Å². The molecule has 2 aromatic carbocycles. The van der Waals surface area contributed by atoms with E-state index < -0.39 is 11.5 Å². The lowest BCUT2D eigenvalue weighted by Gasteiger charge is -2.09. The summed E-state index contributed by atoms with van der Waals surface area (Å²) in [7, 11) is 0. The third-order valence-electron chi connectivity index (χ3n) is 4.82. The number of nitrogens with zero attached hydrogens (tertiary/aromatic N) is 5. The van der Waals surface area contributed by atoms with Crippen LogP contribution < -0.4 is 5.56 Å². The normalized spacial score (nSPS) is 11.7. The smallest absolute Gasteiger partial charge is 0.267 e. The molecular formula is C21H9N5O2. The molecule has 0 N–H and O–H groups in total. The lowest BCUT2D eigenvalue weighted by molar-refractivity contribution is 0.0949. The molecule has 7 heteroatoms. The van der Waals surface area contributed by atoms with Crippen LogP contribution in [0.4, 0.5) is 0 Å². The minimum Gasteiger partial charge on any atom is -0.267 e. The number of pyridine rings is 1. The van der Waals surface area contributed by atoms with Gasteiger partial charge in [0.25, 0.3) is 11.5 Å². The van der Waals surface area contributed by atoms with Gasteiger partial charge in [0.2, 0.25) is 0 Å². The zero-order valence-electron chi connectivity index (χ0n) is 14.2. The lowest BCUT2D eigenvalue weighted by Crippen LogP contribution is -2.27. The van der Waals surface area contributed by atoms with Crippen molar-refractivity contribution in [3.05, 3.63) is 81.6 Å². The third kappa shape index (κ3) is 1.82. The van der Waals surface area contributed by atoms with Gasteiger partial charge in [-0.05, 0) is 11.6 Å². The molecule has 3 heterocycles. The summed E-state index contributed by atoms with van der Waals surface area (Å²) in [5.74, 6) is -0.140. The highest BCUT2D eigenvalue weighted by Crippen LogP contribution is 2.34. The Morgan fingerprint density at radius 2 is 1.46 bits per heavy atom. The summed E-state index contributed by atoms with van der Waals surface area (Å²) >= 11 is 0. The van der Waals surface area contributed by atoms with Gasteiger partial charge in [0, 0.05) is 11.1 Å². The number of carbonyl (C=O) groups excluding carboxylic acids is 1. The number of rotatable bonds is 1. The summed E-state index contributed by atoms with van der Waals surface area (Å²) in [4.78, 5) is 30.5. The molecule has 1 aliphatic rings. The van der Waals surface area contributed by atoms with Crippen LogP contribution in [0.2, 0.25) is 0 Å². The van der Waals surface area contributed by atoms with Gasteiger partial charge in [0.1, 0.15) is 23.3 Å². The summed E-state index contributed by atoms with van der Waals surface area (Å²) in [6, 6.07) is 19.6. The molecule has 1 aliphatic heterocycles. The van der Waals surface area contributed by atoms with E-state index in [1.54, 1.807) is 54.6 Å². The van der Waals surface area contributed by atoms with Gasteiger partial charge >= 0.3 is 0 Å². The van der Waals surface area contributed by atoms with Crippen molar-refractivity contribution in [3.8, 4) is 34.7 Å². The minimum atomic E-state index is -0.685. The van der Waals surface area contributed by atoms with Gasteiger partial charge in [0.15, 0.2) is 11.5 Å². The summed E-state index contributed by atoms with van der Waals surface area (Å²) in [5, 5.41) is 19.5. The molecule has 0 bridgehead atoms. The SMILES string of the molecule is N#Cc1c(-c2ccccc2)c(C#N)c2nc3n(n2c1=O)C(=O)c1ccccc1-3. The zero-order valence-corrected chi connectivity index (χ0v) is 14.2. The highest BCUT2D eigenvalue weighted by Gasteiger charge is 2.33. The first kappa shape index (κ1) is 15.7. The Bertz CT molecular complexity index is 1460. The number of fused-ring (bicyclic) bond motifs is 5. The van der Waals surface area contributed by atoms with Crippen LogP contribution in [0.25, 0.3) is 28.2 Å². The second kappa shape index (κ2) is 5.50. The van der Waals surface area contributed by atoms with Crippen LogP contribution in [0, 0.1) is 22.7 Å². The first-order chi connectivity index (χ1) is 13.7. The van der Waals surface area contributed by atoms with E-state index in [-0.39, 0.29) is 28.2 Å². The van der Waals surface area contributed by atoms with Crippen LogP contribution in [-0.2, 0) is 0 Å². The fraction of sp³-hybridized carbons (Fsp3) is 0. The maximum absolute atomic E-state index is 13.2. The first-order valence-corrected chi connectivity index (χ1v) is 8.39. The van der Waals surface area contributed by atoms with E-state index in [0.29, 0.717) is 16.7 Å². The molecule has 0 unspecified atom stereocenters. The van der Waals surface area contributed by atoms with Gasteiger partial charge < -0.3 is 0 Å². The van der Waals surface area contributed by atoms with Crippen molar-refractivity contribution >= 4 is 11.6 Å². The highest BCUT2D eigenvalue weighted by atomic mass is 16.2. The topological polar surface area (TPSA) is 104 Å². The van der Waals surface area contributed by atoms with Crippen molar-refractivity contribution < 1.29 is 4.79 Å².